The third kappa shape index (κ3) is 6.32. The number of hydrogen-bond donors (Lipinski definition) is 3. The summed E-state index contributed by atoms with van der Waals surface area (Å²) in [7, 11) is 0. The molecule has 114 valence electrons. The average Bonchev–Trinajstić information content (AvgIpc) is 2.42. The van der Waals surface area contributed by atoms with Gasteiger partial charge in [-0.2, -0.15) is 8.78 Å². The fraction of sp³-hybridized carbons (Fsp3) is 0.250. The monoisotopic (exact) mass is 302 g/mol. The van der Waals surface area contributed by atoms with Crippen LogP contribution in [0.3, 0.4) is 0 Å². The Balaban J connectivity index is 2.45. The van der Waals surface area contributed by atoms with E-state index in [-0.39, 0.29) is 11.3 Å². The van der Waals surface area contributed by atoms with E-state index < -0.39 is 37.5 Å². The Bertz CT molecular complexity index is 519. The standard InChI is InChI=1S/C12H12F2N2O5/c13-12(14)21-8-3-1-7(2-4-8)11(20)16-5-9(17)15-6-10(18)19/h1-4,12H,5-6H2,(H,15,17)(H,16,20)(H,18,19). The van der Waals surface area contributed by atoms with E-state index in [4.69, 9.17) is 5.11 Å². The predicted molar refractivity (Wildman–Crippen MR) is 66.1 cm³/mol. The van der Waals surface area contributed by atoms with E-state index in [0.29, 0.717) is 0 Å². The van der Waals surface area contributed by atoms with Gasteiger partial charge in [0.15, 0.2) is 0 Å². The van der Waals surface area contributed by atoms with Crippen LogP contribution in [-0.4, -0.2) is 42.6 Å². The van der Waals surface area contributed by atoms with E-state index in [0.717, 1.165) is 0 Å². The summed E-state index contributed by atoms with van der Waals surface area (Å²) in [6, 6.07) is 4.88. The van der Waals surface area contributed by atoms with E-state index in [1.165, 1.54) is 24.3 Å². The third-order valence-corrected chi connectivity index (χ3v) is 2.19. The number of alkyl halides is 2. The molecule has 1 aromatic carbocycles. The second-order valence-electron chi connectivity index (χ2n) is 3.76. The van der Waals surface area contributed by atoms with E-state index in [2.05, 4.69) is 15.4 Å². The molecule has 0 spiro atoms. The van der Waals surface area contributed by atoms with Gasteiger partial charge in [0.2, 0.25) is 5.91 Å². The van der Waals surface area contributed by atoms with Crippen LogP contribution in [0.4, 0.5) is 8.78 Å². The first-order valence-corrected chi connectivity index (χ1v) is 5.70. The lowest BCUT2D eigenvalue weighted by Gasteiger charge is -2.07. The number of carbonyl (C=O) groups excluding carboxylic acids is 2. The Morgan fingerprint density at radius 2 is 1.71 bits per heavy atom. The number of rotatable bonds is 7. The Hall–Kier alpha value is -2.71. The van der Waals surface area contributed by atoms with Gasteiger partial charge in [0.05, 0.1) is 6.54 Å². The van der Waals surface area contributed by atoms with Crippen LogP contribution in [0.2, 0.25) is 0 Å². The molecule has 21 heavy (non-hydrogen) atoms. The van der Waals surface area contributed by atoms with Gasteiger partial charge in [-0.1, -0.05) is 0 Å². The number of carbonyl (C=O) groups is 3. The highest BCUT2D eigenvalue weighted by Gasteiger charge is 2.10. The molecular weight excluding hydrogens is 290 g/mol. The minimum absolute atomic E-state index is 0.0965. The topological polar surface area (TPSA) is 105 Å². The van der Waals surface area contributed by atoms with Crippen molar-refractivity contribution >= 4 is 17.8 Å². The van der Waals surface area contributed by atoms with E-state index >= 15 is 0 Å². The summed E-state index contributed by atoms with van der Waals surface area (Å²) < 4.78 is 28.0. The normalized spacial score (nSPS) is 10.0. The van der Waals surface area contributed by atoms with Crippen LogP contribution in [0.15, 0.2) is 24.3 Å². The lowest BCUT2D eigenvalue weighted by Crippen LogP contribution is -2.39. The third-order valence-electron chi connectivity index (χ3n) is 2.19. The second-order valence-corrected chi connectivity index (χ2v) is 3.76. The Labute approximate surface area is 117 Å². The van der Waals surface area contributed by atoms with Crippen molar-refractivity contribution in [2.24, 2.45) is 0 Å². The molecule has 1 rings (SSSR count). The zero-order valence-electron chi connectivity index (χ0n) is 10.6. The number of aliphatic carboxylic acids is 1. The van der Waals surface area contributed by atoms with Crippen LogP contribution in [0.5, 0.6) is 5.75 Å². The van der Waals surface area contributed by atoms with Crippen molar-refractivity contribution in [2.75, 3.05) is 13.1 Å². The molecule has 3 N–H and O–H groups in total. The van der Waals surface area contributed by atoms with E-state index in [1.807, 2.05) is 0 Å². The first kappa shape index (κ1) is 16.3. The maximum absolute atomic E-state index is 11.9. The Morgan fingerprint density at radius 3 is 2.24 bits per heavy atom. The molecule has 0 fully saturated rings. The highest BCUT2D eigenvalue weighted by Crippen LogP contribution is 2.14. The fourth-order valence-corrected chi connectivity index (χ4v) is 1.29. The number of halogens is 2. The number of ether oxygens (including phenoxy) is 1. The van der Waals surface area contributed by atoms with Crippen molar-refractivity contribution in [3.63, 3.8) is 0 Å². The number of carboxylic acids is 1. The van der Waals surface area contributed by atoms with Gasteiger partial charge in [0, 0.05) is 5.56 Å². The number of nitrogens with one attached hydrogen (secondary N) is 2. The molecule has 9 heteroatoms. The smallest absolute Gasteiger partial charge is 0.387 e. The van der Waals surface area contributed by atoms with Gasteiger partial charge in [-0.3, -0.25) is 14.4 Å². The van der Waals surface area contributed by atoms with Gasteiger partial charge in [-0.15, -0.1) is 0 Å². The van der Waals surface area contributed by atoms with Crippen molar-refractivity contribution < 1.29 is 33.0 Å². The lowest BCUT2D eigenvalue weighted by molar-refractivity contribution is -0.137. The van der Waals surface area contributed by atoms with Crippen LogP contribution in [0, 0.1) is 0 Å². The highest BCUT2D eigenvalue weighted by molar-refractivity contribution is 5.96. The number of hydrogen-bond acceptors (Lipinski definition) is 4. The molecule has 0 aliphatic carbocycles. The molecular formula is C12H12F2N2O5. The maximum Gasteiger partial charge on any atom is 0.387 e. The minimum atomic E-state index is -2.96. The van der Waals surface area contributed by atoms with Gasteiger partial charge in [-0.05, 0) is 24.3 Å². The van der Waals surface area contributed by atoms with Crippen molar-refractivity contribution in [3.05, 3.63) is 29.8 Å². The number of amides is 2. The van der Waals surface area contributed by atoms with Gasteiger partial charge in [0.25, 0.3) is 5.91 Å². The van der Waals surface area contributed by atoms with Crippen molar-refractivity contribution in [1.29, 1.82) is 0 Å². The summed E-state index contributed by atoms with van der Waals surface area (Å²) in [5, 5.41) is 12.7. The first-order chi connectivity index (χ1) is 9.88. The van der Waals surface area contributed by atoms with Gasteiger partial charge >= 0.3 is 12.6 Å². The summed E-state index contributed by atoms with van der Waals surface area (Å²) in [6.45, 7) is -3.90. The van der Waals surface area contributed by atoms with Crippen molar-refractivity contribution in [3.8, 4) is 5.75 Å². The van der Waals surface area contributed by atoms with Crippen LogP contribution >= 0.6 is 0 Å². The summed E-state index contributed by atoms with van der Waals surface area (Å²) in [6.07, 6.45) is 0. The summed E-state index contributed by atoms with van der Waals surface area (Å²) in [5.41, 5.74) is 0.141. The van der Waals surface area contributed by atoms with Gasteiger partial charge in [0.1, 0.15) is 12.3 Å². The first-order valence-electron chi connectivity index (χ1n) is 5.70. The number of carboxylic acid groups (broad SMARTS) is 1. The molecule has 0 saturated carbocycles. The lowest BCUT2D eigenvalue weighted by atomic mass is 10.2. The molecule has 1 aromatic rings. The van der Waals surface area contributed by atoms with E-state index in [9.17, 15) is 23.2 Å². The second kappa shape index (κ2) is 7.78. The highest BCUT2D eigenvalue weighted by atomic mass is 19.3. The molecule has 0 aliphatic heterocycles. The molecule has 2 amide bonds. The average molecular weight is 302 g/mol. The van der Waals surface area contributed by atoms with E-state index in [1.54, 1.807) is 0 Å². The van der Waals surface area contributed by atoms with Crippen LogP contribution in [-0.2, 0) is 9.59 Å². The summed E-state index contributed by atoms with van der Waals surface area (Å²) in [5.74, 6) is -2.57. The molecule has 0 atom stereocenters. The predicted octanol–water partition coefficient (Wildman–Crippen LogP) is 0.219. The molecule has 0 unspecified atom stereocenters. The summed E-state index contributed by atoms with van der Waals surface area (Å²) >= 11 is 0. The zero-order chi connectivity index (χ0) is 15.8. The molecule has 0 radical (unpaired) electrons. The quantitative estimate of drug-likeness (QED) is 0.668. The molecule has 0 aliphatic rings. The molecule has 0 bridgehead atoms. The van der Waals surface area contributed by atoms with Crippen LogP contribution in [0.25, 0.3) is 0 Å². The molecule has 0 aromatic heterocycles. The van der Waals surface area contributed by atoms with Gasteiger partial charge < -0.3 is 20.5 Å². The molecule has 0 saturated heterocycles. The SMILES string of the molecule is O=C(O)CNC(=O)CNC(=O)c1ccc(OC(F)F)cc1. The van der Waals surface area contributed by atoms with Crippen molar-refractivity contribution in [2.45, 2.75) is 6.61 Å². The maximum atomic E-state index is 11.9. The Kier molecular flexibility index (Phi) is 6.05. The van der Waals surface area contributed by atoms with Gasteiger partial charge in [-0.25, -0.2) is 0 Å². The van der Waals surface area contributed by atoms with Crippen LogP contribution < -0.4 is 15.4 Å². The number of benzene rings is 1. The Morgan fingerprint density at radius 1 is 1.10 bits per heavy atom. The molecule has 7 nitrogen and oxygen atoms in total. The van der Waals surface area contributed by atoms with Crippen molar-refractivity contribution in [1.82, 2.24) is 10.6 Å². The molecule has 0 heterocycles. The summed E-state index contributed by atoms with van der Waals surface area (Å²) in [4.78, 5) is 33.0. The fourth-order valence-electron chi connectivity index (χ4n) is 1.29. The zero-order valence-corrected chi connectivity index (χ0v) is 10.6. The minimum Gasteiger partial charge on any atom is -0.480 e. The van der Waals surface area contributed by atoms with Crippen LogP contribution in [0.1, 0.15) is 10.4 Å². The largest absolute Gasteiger partial charge is 0.480 e.